The predicted molar refractivity (Wildman–Crippen MR) is 136 cm³/mol. The Balaban J connectivity index is 1.51. The summed E-state index contributed by atoms with van der Waals surface area (Å²) >= 11 is 5.06. The summed E-state index contributed by atoms with van der Waals surface area (Å²) in [5, 5.41) is 23.8. The van der Waals surface area contributed by atoms with Crippen LogP contribution in [0, 0.1) is 10.1 Å². The van der Waals surface area contributed by atoms with Crippen LogP contribution in [0.25, 0.3) is 22.6 Å². The zero-order chi connectivity index (χ0) is 24.4. The molecule has 1 atom stereocenters. The fourth-order valence-corrected chi connectivity index (χ4v) is 4.81. The lowest BCUT2D eigenvalue weighted by Crippen LogP contribution is -2.16. The Bertz CT molecular complexity index is 1400. The fourth-order valence-electron chi connectivity index (χ4n) is 3.59. The first-order valence-electron chi connectivity index (χ1n) is 11.0. The zero-order valence-corrected chi connectivity index (χ0v) is 21.0. The highest BCUT2D eigenvalue weighted by molar-refractivity contribution is 9.10. The summed E-state index contributed by atoms with van der Waals surface area (Å²) in [6.07, 6.45) is 1.44. The highest BCUT2D eigenvalue weighted by Crippen LogP contribution is 2.41. The number of anilines is 1. The van der Waals surface area contributed by atoms with Crippen molar-refractivity contribution in [3.05, 3.63) is 74.9 Å². The van der Waals surface area contributed by atoms with Crippen LogP contribution >= 0.6 is 27.7 Å². The Hall–Kier alpha value is -3.44. The summed E-state index contributed by atoms with van der Waals surface area (Å²) in [5.41, 5.74) is 2.71. The Kier molecular flexibility index (Phi) is 6.69. The summed E-state index contributed by atoms with van der Waals surface area (Å²) in [7, 11) is 0. The molecule has 0 fully saturated rings. The summed E-state index contributed by atoms with van der Waals surface area (Å²) in [5.74, 6) is 2.23. The number of aromatic nitrogens is 3. The van der Waals surface area contributed by atoms with Gasteiger partial charge in [-0.25, -0.2) is 0 Å². The number of furan rings is 1. The SMILES string of the molecule is CCCCSc1nnc2c(n1)O[C@H](c1ccc(-c3cccc([N+](=O)[O-])c3)o1)Nc1ccc(Br)cc1-2. The first-order valence-corrected chi connectivity index (χ1v) is 12.7. The summed E-state index contributed by atoms with van der Waals surface area (Å²) < 4.78 is 13.2. The van der Waals surface area contributed by atoms with Gasteiger partial charge in [-0.3, -0.25) is 10.1 Å². The van der Waals surface area contributed by atoms with E-state index < -0.39 is 11.2 Å². The minimum atomic E-state index is -0.700. The van der Waals surface area contributed by atoms with Crippen molar-refractivity contribution >= 4 is 39.1 Å². The number of hydrogen-bond acceptors (Lipinski definition) is 9. The molecule has 35 heavy (non-hydrogen) atoms. The maximum Gasteiger partial charge on any atom is 0.270 e. The van der Waals surface area contributed by atoms with Crippen LogP contribution in [0.1, 0.15) is 31.8 Å². The highest BCUT2D eigenvalue weighted by atomic mass is 79.9. The number of benzene rings is 2. The molecule has 0 radical (unpaired) electrons. The molecule has 9 nitrogen and oxygen atoms in total. The van der Waals surface area contributed by atoms with Gasteiger partial charge in [-0.05, 0) is 36.8 Å². The second-order valence-electron chi connectivity index (χ2n) is 7.79. The van der Waals surface area contributed by atoms with Gasteiger partial charge < -0.3 is 14.5 Å². The standard InChI is InChI=1S/C24H20BrN5O4S/c1-2-3-11-35-24-27-23-21(28-29-24)17-13-15(25)7-8-18(17)26-22(34-23)20-10-9-19(33-20)14-5-4-6-16(12-14)30(31)32/h4-10,12-13,22,26H,2-3,11H2,1H3/t22-/m1/s1. The number of thioether (sulfide) groups is 1. The molecular weight excluding hydrogens is 534 g/mol. The third kappa shape index (κ3) is 5.01. The molecule has 4 aromatic rings. The third-order valence-corrected chi connectivity index (χ3v) is 6.76. The van der Waals surface area contributed by atoms with Gasteiger partial charge in [-0.2, -0.15) is 4.98 Å². The number of nitrogens with one attached hydrogen (secondary N) is 1. The number of nitrogens with zero attached hydrogens (tertiary/aromatic N) is 4. The van der Waals surface area contributed by atoms with E-state index in [0.29, 0.717) is 33.8 Å². The molecule has 0 unspecified atom stereocenters. The van der Waals surface area contributed by atoms with E-state index in [2.05, 4.69) is 43.4 Å². The van der Waals surface area contributed by atoms with Crippen molar-refractivity contribution in [3.63, 3.8) is 0 Å². The van der Waals surface area contributed by atoms with Gasteiger partial charge in [0.1, 0.15) is 5.76 Å². The average molecular weight is 554 g/mol. The van der Waals surface area contributed by atoms with Gasteiger partial charge in [0.2, 0.25) is 17.3 Å². The van der Waals surface area contributed by atoms with E-state index >= 15 is 0 Å². The van der Waals surface area contributed by atoms with Crippen LogP contribution in [-0.4, -0.2) is 25.9 Å². The van der Waals surface area contributed by atoms with E-state index in [1.54, 1.807) is 24.3 Å². The van der Waals surface area contributed by atoms with Crippen molar-refractivity contribution in [3.8, 4) is 28.5 Å². The lowest BCUT2D eigenvalue weighted by Gasteiger charge is -2.16. The maximum absolute atomic E-state index is 11.2. The minimum absolute atomic E-state index is 0.00593. The van der Waals surface area contributed by atoms with E-state index in [4.69, 9.17) is 9.15 Å². The predicted octanol–water partition coefficient (Wildman–Crippen LogP) is 6.86. The normalized spacial score (nSPS) is 14.3. The smallest absolute Gasteiger partial charge is 0.270 e. The number of nitro benzene ring substituents is 1. The number of hydrogen-bond donors (Lipinski definition) is 1. The van der Waals surface area contributed by atoms with Gasteiger partial charge in [0.05, 0.1) is 4.92 Å². The molecule has 11 heteroatoms. The molecule has 178 valence electrons. The van der Waals surface area contributed by atoms with E-state index in [1.165, 1.54) is 23.9 Å². The van der Waals surface area contributed by atoms with Gasteiger partial charge in [0, 0.05) is 39.2 Å². The van der Waals surface area contributed by atoms with Crippen molar-refractivity contribution in [1.29, 1.82) is 0 Å². The molecule has 1 aliphatic heterocycles. The summed E-state index contributed by atoms with van der Waals surface area (Å²) in [6, 6.07) is 15.6. The maximum atomic E-state index is 11.2. The Labute approximate surface area is 213 Å². The number of ether oxygens (including phenoxy) is 1. The molecular formula is C24H20BrN5O4S. The average Bonchev–Trinajstić information content (AvgIpc) is 3.30. The van der Waals surface area contributed by atoms with E-state index in [-0.39, 0.29) is 5.69 Å². The van der Waals surface area contributed by atoms with Crippen molar-refractivity contribution in [2.75, 3.05) is 11.1 Å². The Morgan fingerprint density at radius 2 is 2.06 bits per heavy atom. The number of nitro groups is 1. The number of non-ortho nitro benzene ring substituents is 1. The number of rotatable bonds is 7. The zero-order valence-electron chi connectivity index (χ0n) is 18.6. The minimum Gasteiger partial charge on any atom is -0.455 e. The molecule has 0 saturated carbocycles. The van der Waals surface area contributed by atoms with Crippen molar-refractivity contribution in [2.45, 2.75) is 31.1 Å². The molecule has 2 aromatic carbocycles. The van der Waals surface area contributed by atoms with Crippen LogP contribution in [0.3, 0.4) is 0 Å². The third-order valence-electron chi connectivity index (χ3n) is 5.34. The summed E-state index contributed by atoms with van der Waals surface area (Å²) in [6.45, 7) is 2.14. The molecule has 1 N–H and O–H groups in total. The molecule has 3 heterocycles. The lowest BCUT2D eigenvalue weighted by atomic mass is 10.1. The Morgan fingerprint density at radius 1 is 1.17 bits per heavy atom. The second-order valence-corrected chi connectivity index (χ2v) is 9.77. The molecule has 0 aliphatic carbocycles. The van der Waals surface area contributed by atoms with Gasteiger partial charge in [-0.1, -0.05) is 53.2 Å². The quantitative estimate of drug-likeness (QED) is 0.113. The van der Waals surface area contributed by atoms with E-state index in [9.17, 15) is 10.1 Å². The van der Waals surface area contributed by atoms with E-state index in [0.717, 1.165) is 34.3 Å². The molecule has 0 bridgehead atoms. The monoisotopic (exact) mass is 553 g/mol. The number of unbranched alkanes of at least 4 members (excludes halogenated alkanes) is 1. The first-order chi connectivity index (χ1) is 17.0. The fraction of sp³-hybridized carbons (Fsp3) is 0.208. The van der Waals surface area contributed by atoms with Crippen LogP contribution in [0.15, 0.2) is 68.6 Å². The van der Waals surface area contributed by atoms with Gasteiger partial charge in [-0.15, -0.1) is 10.2 Å². The first kappa shape index (κ1) is 23.3. The van der Waals surface area contributed by atoms with Crippen molar-refractivity contribution in [1.82, 2.24) is 15.2 Å². The molecule has 5 rings (SSSR count). The van der Waals surface area contributed by atoms with Gasteiger partial charge >= 0.3 is 0 Å². The molecule has 0 amide bonds. The Morgan fingerprint density at radius 3 is 2.89 bits per heavy atom. The van der Waals surface area contributed by atoms with Crippen molar-refractivity contribution in [2.24, 2.45) is 0 Å². The van der Waals surface area contributed by atoms with E-state index in [1.807, 2.05) is 18.2 Å². The van der Waals surface area contributed by atoms with Gasteiger partial charge in [0.15, 0.2) is 11.5 Å². The molecule has 1 aliphatic rings. The van der Waals surface area contributed by atoms with Crippen LogP contribution in [-0.2, 0) is 0 Å². The van der Waals surface area contributed by atoms with Crippen molar-refractivity contribution < 1.29 is 14.1 Å². The highest BCUT2D eigenvalue weighted by Gasteiger charge is 2.28. The van der Waals surface area contributed by atoms with Gasteiger partial charge in [0.25, 0.3) is 5.69 Å². The molecule has 0 saturated heterocycles. The van der Waals surface area contributed by atoms with Crippen LogP contribution in [0.5, 0.6) is 5.88 Å². The van der Waals surface area contributed by atoms with Crippen LogP contribution in [0.4, 0.5) is 11.4 Å². The molecule has 2 aromatic heterocycles. The summed E-state index contributed by atoms with van der Waals surface area (Å²) in [4.78, 5) is 15.4. The number of fused-ring (bicyclic) bond motifs is 3. The molecule has 0 spiro atoms. The second kappa shape index (κ2) is 10.0. The topological polar surface area (TPSA) is 116 Å². The van der Waals surface area contributed by atoms with Crippen LogP contribution < -0.4 is 10.1 Å². The number of halogens is 1. The van der Waals surface area contributed by atoms with Crippen LogP contribution in [0.2, 0.25) is 0 Å². The lowest BCUT2D eigenvalue weighted by molar-refractivity contribution is -0.384. The largest absolute Gasteiger partial charge is 0.455 e.